The van der Waals surface area contributed by atoms with Crippen molar-refractivity contribution in [1.82, 2.24) is 25.7 Å². The maximum atomic E-state index is 12.4. The first kappa shape index (κ1) is 115. The Labute approximate surface area is 775 Å². The molecule has 53 nitrogen and oxygen atoms in total. The summed E-state index contributed by atoms with van der Waals surface area (Å²) >= 11 is 0. The molecule has 0 aliphatic carbocycles. The van der Waals surface area contributed by atoms with Gasteiger partial charge in [0.05, 0.1) is 52.2 Å². The number of methoxy groups -OCH3 is 7. The summed E-state index contributed by atoms with van der Waals surface area (Å²) in [5.41, 5.74) is 23.0. The Hall–Kier alpha value is -12.4. The maximum Gasteiger partial charge on any atom is 0.508 e. The lowest BCUT2D eigenvalue weighted by atomic mass is 9.87. The number of azide groups is 1. The number of esters is 2. The van der Waals surface area contributed by atoms with Gasteiger partial charge in [-0.1, -0.05) is 39.4 Å². The van der Waals surface area contributed by atoms with Gasteiger partial charge in [-0.2, -0.15) is 5.10 Å². The van der Waals surface area contributed by atoms with E-state index in [1.807, 2.05) is 0 Å². The number of carbonyl (C=O) groups excluding carboxylic acids is 7. The van der Waals surface area contributed by atoms with Gasteiger partial charge in [-0.15, -0.1) is 0 Å². The van der Waals surface area contributed by atoms with Crippen molar-refractivity contribution in [3.8, 4) is 0 Å². The number of nitrogens with two attached hydrogens (primary N) is 3. The molecule has 25 atom stereocenters. The summed E-state index contributed by atoms with van der Waals surface area (Å²) < 4.78 is 105. The lowest BCUT2D eigenvalue weighted by Gasteiger charge is -2.38. The summed E-state index contributed by atoms with van der Waals surface area (Å²) in [6.45, 7) is 25.9. The van der Waals surface area contributed by atoms with Crippen molar-refractivity contribution in [2.24, 2.45) is 61.0 Å². The molecule has 0 unspecified atom stereocenters. The van der Waals surface area contributed by atoms with Crippen molar-refractivity contribution in [2.75, 3.05) is 82.8 Å². The number of carbonyl (C=O) groups is 10. The molecular formula is C82H126N14O39. The SMILES string of the molecule is C=C(NC(=O)OC(C)(C)C)n1cccn1.COC(=O)C1=C[C@H](N=[N+]=[N-])[C@@H](C)[C@H]([C@H](OC)[C@H]2COC(=O)O2)O1.COC(=O)C1=C[C@H]2OC(C)=N[C@H]2[C@H]([C@H](OC)[C@H]2COC(=O)O2)O1.CO[C@@H]([C@@H]1OC(C(=O)O)=C[C@H](N)[C@H]1C)[C@H](O)CO.CO[C@@H]([C@@H]1OC(C(=O)O)=C[C@H](N=C(N)N)[C@H]1C)[C@H](O)CO.CO[C@@H]([C@@H]1OC(C(=O)O)=C[C@H](N=C(NC(=O)OC(C)(C)C)NC(=O)OC(C)(C)C)[C@H]1C)[C@H](O)CO. The molecule has 1 aromatic heterocycles. The maximum absolute atomic E-state index is 12.4. The van der Waals surface area contributed by atoms with Crippen LogP contribution < -0.4 is 33.2 Å². The van der Waals surface area contributed by atoms with Gasteiger partial charge in [-0.25, -0.2) is 67.6 Å². The number of hydrogen-bond acceptors (Lipinski definition) is 42. The number of amides is 3. The quantitative estimate of drug-likeness (QED) is 0.0106. The number of aliphatic imine (C=N–C) groups is 3. The summed E-state index contributed by atoms with van der Waals surface area (Å²) in [4.78, 5) is 131. The van der Waals surface area contributed by atoms with Gasteiger partial charge in [0.1, 0.15) is 121 Å². The van der Waals surface area contributed by atoms with Crippen molar-refractivity contribution in [1.29, 1.82) is 0 Å². The molecule has 2 saturated heterocycles. The molecule has 8 aliphatic rings. The Balaban J connectivity index is 0.000000345. The monoisotopic (exact) mass is 1930 g/mol. The number of aliphatic carboxylic acids is 3. The number of guanidine groups is 2. The number of ether oxygens (including phenoxy) is 20. The largest absolute Gasteiger partial charge is 0.508 e. The standard InChI is InChI=1S/C22H37N3O10.C14H17NO8.C13H17N3O7.C12H21N3O6.C11H19NO6.C10H15N3O2/c1-11-12(9-14(17(28)29)33-15(11)16(32-8)13(27)10-26)23-18(24-19(30)34-21(2,3)4)25-20(31)35-22(5,6)7;1-6-15-10-7(21-6)4-8(13(16)19-3)22-12(10)11(18-2)9-5-20-14(17)23-9;1-6-7(15-16-14)4-8(12(17)20-3)22-10(6)11(19-2)9-5-21-13(18)23-9;1-5-6(15-12(13)14)3-8(11(18)19)21-9(5)10(20-2)7(17)4-16;1-5-6(12)3-8(11(15)16)18-9(5)10(17-2)7(14)4-13;1-8(13-7-5-6-11-13)12-9(14)15-10(2,3)4/h9,11-13,15-16,26-27H,10H2,1-8H3,(H,28,29)(H2,23,24,25,30,31);4,7,9-12H,5H2,1-3H3;4,6-7,9-11H,5H2,1-3H3;3,5-7,9-10,16-17H,4H2,1-2H3,(H,18,19)(H4,13,14,15);3,5-7,9-10,13-14H,4,12H2,1-2H3,(H,15,16);5-7H,1H2,2-4H3,(H,12,14)/t11-,12+,13-,15-,16-;7-,9-,10-,11-,12-;6-,7+,9-,10-,11-;2*5-,6+,7-,9-,10-;/m11111./s1. The molecule has 135 heavy (non-hydrogen) atoms. The summed E-state index contributed by atoms with van der Waals surface area (Å²) in [6, 6.07) is -1.44. The highest BCUT2D eigenvalue weighted by molar-refractivity contribution is 6.01. The molecule has 0 saturated carbocycles. The zero-order chi connectivity index (χ0) is 102. The number of carboxylic acids is 3. The minimum atomic E-state index is -1.41. The molecule has 8 aliphatic heterocycles. The third kappa shape index (κ3) is 35.1. The summed E-state index contributed by atoms with van der Waals surface area (Å²) in [7, 11) is 9.30. The highest BCUT2D eigenvalue weighted by atomic mass is 16.8. The molecule has 0 aromatic carbocycles. The number of aliphatic hydroxyl groups is 6. The van der Waals surface area contributed by atoms with Gasteiger partial charge in [0, 0.05) is 95.6 Å². The van der Waals surface area contributed by atoms with Gasteiger partial charge in [0.25, 0.3) is 0 Å². The molecule has 9 rings (SSSR count). The fraction of sp³-hybridized carbons (Fsp3) is 0.659. The molecule has 0 bridgehead atoms. The number of fused-ring (bicyclic) bond motifs is 1. The second kappa shape index (κ2) is 53.0. The van der Waals surface area contributed by atoms with E-state index in [4.69, 9.17) is 133 Å². The van der Waals surface area contributed by atoms with Crippen molar-refractivity contribution < 1.29 is 189 Å². The number of hydrogen-bond donors (Lipinski definition) is 15. The van der Waals surface area contributed by atoms with Crippen LogP contribution in [0.5, 0.6) is 0 Å². The van der Waals surface area contributed by atoms with Crippen LogP contribution in [0.25, 0.3) is 16.3 Å². The molecule has 2 fully saturated rings. The van der Waals surface area contributed by atoms with Gasteiger partial charge >= 0.3 is 60.4 Å². The summed E-state index contributed by atoms with van der Waals surface area (Å²) in [5, 5.41) is 99.1. The van der Waals surface area contributed by atoms with Crippen LogP contribution in [-0.2, 0) is 119 Å². The van der Waals surface area contributed by atoms with Crippen molar-refractivity contribution in [2.45, 2.75) is 242 Å². The Morgan fingerprint density at radius 1 is 0.533 bits per heavy atom. The Morgan fingerprint density at radius 3 is 1.26 bits per heavy atom. The number of carboxylic acid groups (broad SMARTS) is 3. The van der Waals surface area contributed by atoms with Crippen LogP contribution in [0.3, 0.4) is 0 Å². The highest BCUT2D eigenvalue weighted by Gasteiger charge is 2.52. The Morgan fingerprint density at radius 2 is 0.904 bits per heavy atom. The molecule has 0 radical (unpaired) electrons. The first-order valence-corrected chi connectivity index (χ1v) is 41.5. The lowest BCUT2D eigenvalue weighted by Crippen LogP contribution is -2.52. The van der Waals surface area contributed by atoms with Gasteiger partial charge in [-0.3, -0.25) is 16.0 Å². The fourth-order valence-corrected chi connectivity index (χ4v) is 13.6. The first-order valence-electron chi connectivity index (χ1n) is 41.5. The molecule has 1 aromatic rings. The molecule has 18 N–H and O–H groups in total. The average Bonchev–Trinajstić information content (AvgIpc) is 1.64. The number of aliphatic hydroxyl groups excluding tert-OH is 6. The van der Waals surface area contributed by atoms with Crippen LogP contribution in [0.15, 0.2) is 104 Å². The zero-order valence-corrected chi connectivity index (χ0v) is 78.4. The Kier molecular flexibility index (Phi) is 45.1. The van der Waals surface area contributed by atoms with E-state index in [1.54, 1.807) is 115 Å². The normalized spacial score (nSPS) is 26.4. The van der Waals surface area contributed by atoms with Gasteiger partial charge in [0.2, 0.25) is 34.8 Å². The lowest BCUT2D eigenvalue weighted by molar-refractivity contribution is -0.151. The molecule has 0 spiro atoms. The van der Waals surface area contributed by atoms with Crippen LogP contribution in [0.4, 0.5) is 24.0 Å². The van der Waals surface area contributed by atoms with Gasteiger partial charge in [0.15, 0.2) is 30.2 Å². The third-order valence-corrected chi connectivity index (χ3v) is 20.0. The van der Waals surface area contributed by atoms with Crippen LogP contribution in [0, 0.1) is 23.7 Å². The van der Waals surface area contributed by atoms with Crippen molar-refractivity contribution in [3.63, 3.8) is 0 Å². The number of aromatic nitrogens is 2. The van der Waals surface area contributed by atoms with Crippen LogP contribution in [-0.4, -0.2) is 361 Å². The number of cyclic esters (lactones) is 4. The van der Waals surface area contributed by atoms with E-state index in [2.05, 4.69) is 57.4 Å². The molecular weight excluding hydrogens is 1800 g/mol. The van der Waals surface area contributed by atoms with Crippen molar-refractivity contribution >= 4 is 84.1 Å². The number of alkyl carbamates (subject to hydrolysis) is 3. The van der Waals surface area contributed by atoms with Crippen LogP contribution in [0.1, 0.15) is 96.9 Å². The second-order valence-corrected chi connectivity index (χ2v) is 33.4. The fourth-order valence-electron chi connectivity index (χ4n) is 13.6. The first-order chi connectivity index (χ1) is 63.1. The smallest absolute Gasteiger partial charge is 0.480 e. The highest BCUT2D eigenvalue weighted by Crippen LogP contribution is 2.37. The van der Waals surface area contributed by atoms with E-state index in [0.717, 1.165) is 0 Å². The summed E-state index contributed by atoms with van der Waals surface area (Å²) in [6.07, 6.45) is -7.79. The average molecular weight is 1930 g/mol. The van der Waals surface area contributed by atoms with E-state index in [1.165, 1.54) is 84.8 Å². The number of nitrogens with zero attached hydrogens (tertiary/aromatic N) is 8. The van der Waals surface area contributed by atoms with E-state index < -0.39 is 237 Å². The minimum Gasteiger partial charge on any atom is -0.480 e. The van der Waals surface area contributed by atoms with Crippen LogP contribution in [0.2, 0.25) is 0 Å². The zero-order valence-electron chi connectivity index (χ0n) is 78.4. The van der Waals surface area contributed by atoms with Crippen molar-refractivity contribution in [3.05, 3.63) is 94.7 Å². The second-order valence-electron chi connectivity index (χ2n) is 33.4. The third-order valence-electron chi connectivity index (χ3n) is 20.0. The molecule has 3 amide bonds. The van der Waals surface area contributed by atoms with E-state index in [-0.39, 0.29) is 65.9 Å². The van der Waals surface area contributed by atoms with E-state index >= 15 is 0 Å². The van der Waals surface area contributed by atoms with Gasteiger partial charge in [-0.05, 0) is 98.2 Å². The van der Waals surface area contributed by atoms with Gasteiger partial charge < -0.3 is 158 Å². The number of rotatable bonds is 28. The van der Waals surface area contributed by atoms with Crippen LogP contribution >= 0.6 is 0 Å². The predicted octanol–water partition coefficient (Wildman–Crippen LogP) is 1.14. The molecule has 53 heteroatoms. The molecule has 758 valence electrons. The number of nitrogens with one attached hydrogen (secondary N) is 3. The molecule has 9 heterocycles. The van der Waals surface area contributed by atoms with E-state index in [9.17, 15) is 73.5 Å². The predicted molar refractivity (Wildman–Crippen MR) is 463 cm³/mol. The van der Waals surface area contributed by atoms with E-state index in [0.29, 0.717) is 11.7 Å². The topological polar surface area (TPSA) is 755 Å². The Bertz CT molecular complexity index is 4440. The summed E-state index contributed by atoms with van der Waals surface area (Å²) in [5.74, 6) is -7.70. The minimum absolute atomic E-state index is 0.00732.